The molecule has 0 radical (unpaired) electrons. The average Bonchev–Trinajstić information content (AvgIpc) is 2.79. The second kappa shape index (κ2) is 10.4. The molecule has 3 aromatic rings. The first-order valence-electron chi connectivity index (χ1n) is 9.57. The van der Waals surface area contributed by atoms with Crippen LogP contribution in [0.2, 0.25) is 5.02 Å². The first kappa shape index (κ1) is 22.1. The summed E-state index contributed by atoms with van der Waals surface area (Å²) in [6, 6.07) is 15.8. The molecule has 31 heavy (non-hydrogen) atoms. The molecule has 0 bridgehead atoms. The van der Waals surface area contributed by atoms with Gasteiger partial charge < -0.3 is 20.1 Å². The van der Waals surface area contributed by atoms with Crippen molar-refractivity contribution in [2.75, 3.05) is 19.5 Å². The number of ether oxygens (including phenoxy) is 2. The smallest absolute Gasteiger partial charge is 0.269 e. The molecule has 7 nitrogen and oxygen atoms in total. The fourth-order valence-electron chi connectivity index (χ4n) is 2.85. The van der Waals surface area contributed by atoms with Crippen molar-refractivity contribution in [3.63, 3.8) is 0 Å². The molecule has 0 atom stereocenters. The second-order valence-corrected chi connectivity index (χ2v) is 7.01. The third-order valence-electron chi connectivity index (χ3n) is 4.40. The fraction of sp³-hybridized carbons (Fsp3) is 0.174. The van der Waals surface area contributed by atoms with Gasteiger partial charge in [0, 0.05) is 37.5 Å². The Kier molecular flexibility index (Phi) is 7.45. The number of halogens is 1. The SMILES string of the molecule is CNC(=O)c1cc(Oc2cccc(CCC(=O)Nc3ccc(Cl)c(OC)c3)c2)ccn1. The lowest BCUT2D eigenvalue weighted by atomic mass is 10.1. The number of aryl methyl sites for hydroxylation is 1. The highest BCUT2D eigenvalue weighted by Gasteiger charge is 2.09. The second-order valence-electron chi connectivity index (χ2n) is 6.60. The van der Waals surface area contributed by atoms with Gasteiger partial charge in [-0.3, -0.25) is 14.6 Å². The first-order valence-corrected chi connectivity index (χ1v) is 9.94. The lowest BCUT2D eigenvalue weighted by molar-refractivity contribution is -0.116. The Morgan fingerprint density at radius 1 is 1.06 bits per heavy atom. The summed E-state index contributed by atoms with van der Waals surface area (Å²) in [6.07, 6.45) is 2.35. The maximum absolute atomic E-state index is 12.3. The van der Waals surface area contributed by atoms with Crippen LogP contribution in [-0.4, -0.2) is 31.0 Å². The van der Waals surface area contributed by atoms with Gasteiger partial charge in [0.25, 0.3) is 5.91 Å². The summed E-state index contributed by atoms with van der Waals surface area (Å²) in [5.74, 6) is 1.19. The summed E-state index contributed by atoms with van der Waals surface area (Å²) < 4.78 is 11.0. The molecule has 2 N–H and O–H groups in total. The third-order valence-corrected chi connectivity index (χ3v) is 4.71. The molecule has 1 heterocycles. The number of carbonyl (C=O) groups excluding carboxylic acids is 2. The molecule has 160 valence electrons. The van der Waals surface area contributed by atoms with Gasteiger partial charge in [-0.1, -0.05) is 23.7 Å². The zero-order valence-corrected chi connectivity index (χ0v) is 17.9. The molecule has 0 saturated heterocycles. The highest BCUT2D eigenvalue weighted by Crippen LogP contribution is 2.27. The Balaban J connectivity index is 1.59. The summed E-state index contributed by atoms with van der Waals surface area (Å²) in [7, 11) is 3.06. The van der Waals surface area contributed by atoms with Gasteiger partial charge in [0.2, 0.25) is 5.91 Å². The number of methoxy groups -OCH3 is 1. The van der Waals surface area contributed by atoms with Crippen molar-refractivity contribution in [3.05, 3.63) is 77.1 Å². The molecule has 2 amide bonds. The van der Waals surface area contributed by atoms with Crippen LogP contribution in [0.1, 0.15) is 22.5 Å². The Morgan fingerprint density at radius 2 is 1.87 bits per heavy atom. The zero-order valence-electron chi connectivity index (χ0n) is 17.1. The summed E-state index contributed by atoms with van der Waals surface area (Å²) in [5, 5.41) is 5.84. The number of pyridine rings is 1. The molecule has 0 aliphatic rings. The van der Waals surface area contributed by atoms with E-state index in [2.05, 4.69) is 15.6 Å². The molecule has 0 aliphatic carbocycles. The maximum Gasteiger partial charge on any atom is 0.269 e. The van der Waals surface area contributed by atoms with E-state index in [9.17, 15) is 9.59 Å². The predicted octanol–water partition coefficient (Wildman–Crippen LogP) is 4.47. The Labute approximate surface area is 185 Å². The molecular weight excluding hydrogens is 418 g/mol. The van der Waals surface area contributed by atoms with Crippen molar-refractivity contribution in [1.29, 1.82) is 0 Å². The number of benzene rings is 2. The summed E-state index contributed by atoms with van der Waals surface area (Å²) in [5.41, 5.74) is 1.83. The monoisotopic (exact) mass is 439 g/mol. The molecule has 3 rings (SSSR count). The van der Waals surface area contributed by atoms with Crippen LogP contribution in [0, 0.1) is 0 Å². The number of anilines is 1. The number of carbonyl (C=O) groups is 2. The van der Waals surface area contributed by atoms with E-state index in [-0.39, 0.29) is 17.5 Å². The quantitative estimate of drug-likeness (QED) is 0.540. The van der Waals surface area contributed by atoms with Crippen molar-refractivity contribution >= 4 is 29.1 Å². The first-order chi connectivity index (χ1) is 15.0. The van der Waals surface area contributed by atoms with E-state index < -0.39 is 0 Å². The molecule has 0 fully saturated rings. The van der Waals surface area contributed by atoms with Crippen LogP contribution in [0.15, 0.2) is 60.8 Å². The Morgan fingerprint density at radius 3 is 2.65 bits per heavy atom. The van der Waals surface area contributed by atoms with E-state index in [0.717, 1.165) is 5.56 Å². The number of aromatic nitrogens is 1. The summed E-state index contributed by atoms with van der Waals surface area (Å²) in [4.78, 5) is 28.1. The Bertz CT molecular complexity index is 1090. The molecule has 8 heteroatoms. The molecule has 0 saturated carbocycles. The normalized spacial score (nSPS) is 10.3. The molecule has 0 spiro atoms. The minimum atomic E-state index is -0.288. The minimum absolute atomic E-state index is 0.125. The summed E-state index contributed by atoms with van der Waals surface area (Å²) in [6.45, 7) is 0. The van der Waals surface area contributed by atoms with E-state index in [1.165, 1.54) is 13.3 Å². The van der Waals surface area contributed by atoms with Crippen LogP contribution < -0.4 is 20.1 Å². The topological polar surface area (TPSA) is 89.5 Å². The van der Waals surface area contributed by atoms with E-state index in [1.54, 1.807) is 37.4 Å². The minimum Gasteiger partial charge on any atom is -0.495 e. The molecule has 0 aliphatic heterocycles. The van der Waals surface area contributed by atoms with Gasteiger partial charge in [-0.15, -0.1) is 0 Å². The van der Waals surface area contributed by atoms with Crippen molar-refractivity contribution in [2.24, 2.45) is 0 Å². The molecule has 0 unspecified atom stereocenters. The molecular formula is C23H22ClN3O4. The third kappa shape index (κ3) is 6.20. The van der Waals surface area contributed by atoms with Crippen LogP contribution >= 0.6 is 11.6 Å². The number of hydrogen-bond donors (Lipinski definition) is 2. The van der Waals surface area contributed by atoms with Crippen LogP contribution in [0.3, 0.4) is 0 Å². The number of nitrogens with one attached hydrogen (secondary N) is 2. The highest BCUT2D eigenvalue weighted by atomic mass is 35.5. The van der Waals surface area contributed by atoms with Crippen molar-refractivity contribution in [2.45, 2.75) is 12.8 Å². The van der Waals surface area contributed by atoms with Crippen LogP contribution in [0.4, 0.5) is 5.69 Å². The lowest BCUT2D eigenvalue weighted by Crippen LogP contribution is -2.18. The van der Waals surface area contributed by atoms with Crippen molar-refractivity contribution in [3.8, 4) is 17.2 Å². The van der Waals surface area contributed by atoms with E-state index >= 15 is 0 Å². The summed E-state index contributed by atoms with van der Waals surface area (Å²) >= 11 is 6.01. The number of rotatable bonds is 8. The Hall–Kier alpha value is -3.58. The number of amides is 2. The number of hydrogen-bond acceptors (Lipinski definition) is 5. The lowest BCUT2D eigenvalue weighted by Gasteiger charge is -2.10. The fourth-order valence-corrected chi connectivity index (χ4v) is 3.04. The maximum atomic E-state index is 12.3. The average molecular weight is 440 g/mol. The zero-order chi connectivity index (χ0) is 22.2. The van der Waals surface area contributed by atoms with Crippen molar-refractivity contribution < 1.29 is 19.1 Å². The van der Waals surface area contributed by atoms with Crippen LogP contribution in [0.5, 0.6) is 17.2 Å². The van der Waals surface area contributed by atoms with Crippen LogP contribution in [-0.2, 0) is 11.2 Å². The van der Waals surface area contributed by atoms with E-state index in [1.807, 2.05) is 24.3 Å². The highest BCUT2D eigenvalue weighted by molar-refractivity contribution is 6.32. The van der Waals surface area contributed by atoms with Gasteiger partial charge in [0.1, 0.15) is 22.9 Å². The predicted molar refractivity (Wildman–Crippen MR) is 119 cm³/mol. The molecule has 2 aromatic carbocycles. The van der Waals surface area contributed by atoms with E-state index in [0.29, 0.717) is 40.8 Å². The standard InChI is InChI=1S/C23H22ClN3O4/c1-25-23(29)20-14-18(10-11-26-20)31-17-5-3-4-15(12-17)6-9-22(28)27-16-7-8-19(24)21(13-16)30-2/h3-5,7-8,10-14H,6,9H2,1-2H3,(H,25,29)(H,27,28). The van der Waals surface area contributed by atoms with Gasteiger partial charge in [-0.05, 0) is 42.3 Å². The van der Waals surface area contributed by atoms with Gasteiger partial charge in [-0.2, -0.15) is 0 Å². The van der Waals surface area contributed by atoms with Crippen molar-refractivity contribution in [1.82, 2.24) is 10.3 Å². The van der Waals surface area contributed by atoms with Gasteiger partial charge >= 0.3 is 0 Å². The largest absolute Gasteiger partial charge is 0.495 e. The van der Waals surface area contributed by atoms with Gasteiger partial charge in [-0.25, -0.2) is 0 Å². The van der Waals surface area contributed by atoms with Crippen LogP contribution in [0.25, 0.3) is 0 Å². The number of nitrogens with zero attached hydrogens (tertiary/aromatic N) is 1. The van der Waals surface area contributed by atoms with Gasteiger partial charge in [0.15, 0.2) is 0 Å². The van der Waals surface area contributed by atoms with Gasteiger partial charge in [0.05, 0.1) is 12.1 Å². The van der Waals surface area contributed by atoms with E-state index in [4.69, 9.17) is 21.1 Å². The molecule has 1 aromatic heterocycles.